The lowest BCUT2D eigenvalue weighted by atomic mass is 10.1. The van der Waals surface area contributed by atoms with Crippen LogP contribution >= 0.6 is 0 Å². The van der Waals surface area contributed by atoms with Crippen molar-refractivity contribution in [1.82, 2.24) is 35.1 Å². The second kappa shape index (κ2) is 12.4. The van der Waals surface area contributed by atoms with Crippen LogP contribution in [0.1, 0.15) is 36.7 Å². The molecule has 0 unspecified atom stereocenters. The van der Waals surface area contributed by atoms with Gasteiger partial charge in [0.1, 0.15) is 11.5 Å². The Kier molecular flexibility index (Phi) is 8.33. The van der Waals surface area contributed by atoms with Crippen molar-refractivity contribution in [2.45, 2.75) is 33.2 Å². The molecule has 0 bridgehead atoms. The summed E-state index contributed by atoms with van der Waals surface area (Å²) in [6.45, 7) is 8.28. The standard InChI is InChI=1S/C29H32N8O2/c1-3-23(19-34-33-11-14-36-12-4-5-13-36)25-17-30-28(31-18-25)24-8-6-7-22(15-24)20-37-27(38)10-9-26(35-37)29-32-16-21(2)39-29/h3,6-10,15-19,33H,4-5,11-14,20H2,1-2H3/b23-3+,34-19-. The lowest BCUT2D eigenvalue weighted by Gasteiger charge is -2.13. The highest BCUT2D eigenvalue weighted by Gasteiger charge is 2.11. The summed E-state index contributed by atoms with van der Waals surface area (Å²) in [5.74, 6) is 1.66. The second-order valence-electron chi connectivity index (χ2n) is 9.45. The molecule has 0 aliphatic carbocycles. The number of nitrogens with one attached hydrogen (secondary N) is 1. The van der Waals surface area contributed by atoms with Crippen LogP contribution in [0.2, 0.25) is 0 Å². The topological polar surface area (TPSA) is 114 Å². The monoisotopic (exact) mass is 524 g/mol. The van der Waals surface area contributed by atoms with Gasteiger partial charge in [0.05, 0.1) is 19.0 Å². The minimum absolute atomic E-state index is 0.209. The number of benzene rings is 1. The van der Waals surface area contributed by atoms with Gasteiger partial charge < -0.3 is 14.7 Å². The normalized spacial score (nSPS) is 14.4. The van der Waals surface area contributed by atoms with E-state index in [1.54, 1.807) is 30.9 Å². The Hall–Kier alpha value is -4.44. The highest BCUT2D eigenvalue weighted by Crippen LogP contribution is 2.19. The first-order valence-electron chi connectivity index (χ1n) is 13.2. The molecule has 0 saturated carbocycles. The molecular weight excluding hydrogens is 492 g/mol. The van der Waals surface area contributed by atoms with Crippen LogP contribution in [0.5, 0.6) is 0 Å². The van der Waals surface area contributed by atoms with Gasteiger partial charge in [-0.15, -0.1) is 0 Å². The zero-order valence-corrected chi connectivity index (χ0v) is 22.2. The van der Waals surface area contributed by atoms with Crippen molar-refractivity contribution >= 4 is 11.8 Å². The Morgan fingerprint density at radius 3 is 2.67 bits per heavy atom. The molecule has 200 valence electrons. The molecule has 1 aliphatic heterocycles. The van der Waals surface area contributed by atoms with E-state index in [9.17, 15) is 4.79 Å². The minimum Gasteiger partial charge on any atom is -0.440 e. The van der Waals surface area contributed by atoms with E-state index >= 15 is 0 Å². The van der Waals surface area contributed by atoms with Crippen LogP contribution in [0, 0.1) is 6.92 Å². The van der Waals surface area contributed by atoms with Crippen LogP contribution < -0.4 is 11.0 Å². The molecule has 10 nitrogen and oxygen atoms in total. The highest BCUT2D eigenvalue weighted by atomic mass is 16.4. The predicted molar refractivity (Wildman–Crippen MR) is 151 cm³/mol. The van der Waals surface area contributed by atoms with E-state index in [-0.39, 0.29) is 5.56 Å². The number of hydrogen-bond donors (Lipinski definition) is 1. The molecule has 1 saturated heterocycles. The summed E-state index contributed by atoms with van der Waals surface area (Å²) in [7, 11) is 0. The molecule has 10 heteroatoms. The van der Waals surface area contributed by atoms with E-state index in [1.807, 2.05) is 44.2 Å². The third-order valence-corrected chi connectivity index (χ3v) is 6.55. The molecule has 4 aromatic rings. The average molecular weight is 525 g/mol. The highest BCUT2D eigenvalue weighted by molar-refractivity contribution is 6.09. The molecule has 1 aromatic carbocycles. The van der Waals surface area contributed by atoms with Crippen LogP contribution in [-0.2, 0) is 6.54 Å². The van der Waals surface area contributed by atoms with Gasteiger partial charge in [-0.2, -0.15) is 10.2 Å². The smallest absolute Gasteiger partial charge is 0.267 e. The van der Waals surface area contributed by atoms with Crippen molar-refractivity contribution < 1.29 is 4.42 Å². The van der Waals surface area contributed by atoms with Gasteiger partial charge in [0, 0.05) is 48.2 Å². The predicted octanol–water partition coefficient (Wildman–Crippen LogP) is 3.79. The van der Waals surface area contributed by atoms with E-state index in [0.717, 1.165) is 35.4 Å². The van der Waals surface area contributed by atoms with Crippen LogP contribution in [0.25, 0.3) is 28.5 Å². The number of oxazole rings is 1. The summed E-state index contributed by atoms with van der Waals surface area (Å²) in [5.41, 5.74) is 7.01. The second-order valence-corrected chi connectivity index (χ2v) is 9.45. The summed E-state index contributed by atoms with van der Waals surface area (Å²) in [5, 5.41) is 8.82. The number of hydrazone groups is 1. The van der Waals surface area contributed by atoms with Gasteiger partial charge in [-0.1, -0.05) is 24.3 Å². The van der Waals surface area contributed by atoms with E-state index in [0.29, 0.717) is 29.7 Å². The number of likely N-dealkylation sites (tertiary alicyclic amines) is 1. The number of hydrogen-bond acceptors (Lipinski definition) is 9. The first-order chi connectivity index (χ1) is 19.1. The largest absolute Gasteiger partial charge is 0.440 e. The summed E-state index contributed by atoms with van der Waals surface area (Å²) in [6, 6.07) is 10.9. The first kappa shape index (κ1) is 26.2. The van der Waals surface area contributed by atoms with Crippen molar-refractivity contribution in [3.63, 3.8) is 0 Å². The summed E-state index contributed by atoms with van der Waals surface area (Å²) in [6.07, 6.45) is 11.6. The molecule has 1 N–H and O–H groups in total. The summed E-state index contributed by atoms with van der Waals surface area (Å²) >= 11 is 0. The van der Waals surface area contributed by atoms with Crippen molar-refractivity contribution in [2.75, 3.05) is 26.2 Å². The number of rotatable bonds is 10. The van der Waals surface area contributed by atoms with Crippen molar-refractivity contribution in [3.05, 3.63) is 88.3 Å². The van der Waals surface area contributed by atoms with Crippen molar-refractivity contribution in [2.24, 2.45) is 5.10 Å². The molecular formula is C29H32N8O2. The zero-order chi connectivity index (χ0) is 27.0. The fraction of sp³-hybridized carbons (Fsp3) is 0.310. The van der Waals surface area contributed by atoms with Gasteiger partial charge >= 0.3 is 0 Å². The van der Waals surface area contributed by atoms with Gasteiger partial charge in [0.15, 0.2) is 5.82 Å². The third-order valence-electron chi connectivity index (χ3n) is 6.55. The summed E-state index contributed by atoms with van der Waals surface area (Å²) in [4.78, 5) is 28.3. The van der Waals surface area contributed by atoms with Crippen LogP contribution in [0.3, 0.4) is 0 Å². The SMILES string of the molecule is C/C=C(\C=N/NCCN1CCCC1)c1cnc(-c2cccc(Cn3nc(-c4ncc(C)o4)ccc3=O)c2)nc1. The van der Waals surface area contributed by atoms with Crippen LogP contribution in [0.4, 0.5) is 0 Å². The van der Waals surface area contributed by atoms with Crippen molar-refractivity contribution in [1.29, 1.82) is 0 Å². The Balaban J connectivity index is 1.24. The van der Waals surface area contributed by atoms with Gasteiger partial charge in [-0.25, -0.2) is 19.6 Å². The molecule has 39 heavy (non-hydrogen) atoms. The fourth-order valence-electron chi connectivity index (χ4n) is 4.47. The maximum Gasteiger partial charge on any atom is 0.267 e. The van der Waals surface area contributed by atoms with Gasteiger partial charge in [-0.05, 0) is 57.5 Å². The maximum atomic E-state index is 12.5. The Bertz CT molecular complexity index is 1510. The molecule has 0 atom stereocenters. The average Bonchev–Trinajstić information content (AvgIpc) is 3.64. The Morgan fingerprint density at radius 2 is 1.92 bits per heavy atom. The van der Waals surface area contributed by atoms with E-state index < -0.39 is 0 Å². The van der Waals surface area contributed by atoms with E-state index in [2.05, 4.69) is 35.5 Å². The van der Waals surface area contributed by atoms with Crippen LogP contribution in [0.15, 0.2) is 75.4 Å². The minimum atomic E-state index is -0.209. The number of aromatic nitrogens is 5. The first-order valence-corrected chi connectivity index (χ1v) is 13.2. The Morgan fingerprint density at radius 1 is 1.10 bits per heavy atom. The lowest BCUT2D eigenvalue weighted by molar-refractivity contribution is 0.337. The van der Waals surface area contributed by atoms with Gasteiger partial charge in [-0.3, -0.25) is 4.79 Å². The summed E-state index contributed by atoms with van der Waals surface area (Å²) < 4.78 is 6.95. The molecule has 5 rings (SSSR count). The number of aryl methyl sites for hydroxylation is 1. The van der Waals surface area contributed by atoms with Gasteiger partial charge in [0.25, 0.3) is 5.56 Å². The molecule has 0 amide bonds. The van der Waals surface area contributed by atoms with Crippen LogP contribution in [-0.4, -0.2) is 62.0 Å². The van der Waals surface area contributed by atoms with Crippen molar-refractivity contribution in [3.8, 4) is 23.0 Å². The molecule has 3 aromatic heterocycles. The lowest BCUT2D eigenvalue weighted by Crippen LogP contribution is -2.27. The molecule has 1 aliphatic rings. The molecule has 0 radical (unpaired) electrons. The van der Waals surface area contributed by atoms with E-state index in [1.165, 1.54) is 36.7 Å². The Labute approximate surface area is 227 Å². The quantitative estimate of drug-likeness (QED) is 0.189. The number of nitrogens with zero attached hydrogens (tertiary/aromatic N) is 7. The van der Waals surface area contributed by atoms with E-state index in [4.69, 9.17) is 4.42 Å². The molecule has 0 spiro atoms. The maximum absolute atomic E-state index is 12.5. The van der Waals surface area contributed by atoms with Gasteiger partial charge in [0.2, 0.25) is 5.89 Å². The third kappa shape index (κ3) is 6.71. The molecule has 4 heterocycles. The number of allylic oxidation sites excluding steroid dienone is 2. The molecule has 1 fully saturated rings. The fourth-order valence-corrected chi connectivity index (χ4v) is 4.47. The zero-order valence-electron chi connectivity index (χ0n) is 22.2.